The molecule has 0 bridgehead atoms. The predicted octanol–water partition coefficient (Wildman–Crippen LogP) is 7.66. The van der Waals surface area contributed by atoms with Crippen LogP contribution in [-0.4, -0.2) is 22.6 Å². The first-order chi connectivity index (χ1) is 17.0. The van der Waals surface area contributed by atoms with Gasteiger partial charge in [0.25, 0.3) is 0 Å². The molecule has 0 unspecified atom stereocenters. The summed E-state index contributed by atoms with van der Waals surface area (Å²) in [6, 6.07) is 22.8. The van der Waals surface area contributed by atoms with E-state index in [2.05, 4.69) is 95.8 Å². The molecule has 0 N–H and O–H groups in total. The largest absolute Gasteiger partial charge is 0.305 e. The average Bonchev–Trinajstić information content (AvgIpc) is 3.46. The molecule has 35 heavy (non-hydrogen) atoms. The fraction of sp³-hybridized carbons (Fsp3) is 0.188. The molecule has 7 rings (SSSR count). The number of hydrogen-bond acceptors (Lipinski definition) is 2. The Bertz CT molecular complexity index is 1820. The van der Waals surface area contributed by atoms with Crippen molar-refractivity contribution in [2.75, 3.05) is 7.05 Å². The molecular formula is C32H27N3. The Morgan fingerprint density at radius 3 is 2.51 bits per heavy atom. The monoisotopic (exact) mass is 453 g/mol. The predicted molar refractivity (Wildman–Crippen MR) is 147 cm³/mol. The quantitative estimate of drug-likeness (QED) is 0.253. The van der Waals surface area contributed by atoms with Crippen molar-refractivity contribution in [1.29, 1.82) is 0 Å². The van der Waals surface area contributed by atoms with E-state index in [0.29, 0.717) is 0 Å². The van der Waals surface area contributed by atoms with Gasteiger partial charge in [-0.15, -0.1) is 0 Å². The minimum absolute atomic E-state index is 0.0102. The fourth-order valence-electron chi connectivity index (χ4n) is 6.43. The molecule has 0 amide bonds. The van der Waals surface area contributed by atoms with E-state index in [4.69, 9.17) is 0 Å². The third-order valence-electron chi connectivity index (χ3n) is 8.06. The molecule has 1 aliphatic carbocycles. The summed E-state index contributed by atoms with van der Waals surface area (Å²) in [7, 11) is 1.85. The highest BCUT2D eigenvalue weighted by Crippen LogP contribution is 2.50. The Kier molecular flexibility index (Phi) is 4.09. The van der Waals surface area contributed by atoms with Crippen LogP contribution in [0.4, 0.5) is 0 Å². The maximum absolute atomic E-state index is 4.45. The molecule has 1 aliphatic rings. The lowest BCUT2D eigenvalue weighted by atomic mass is 9.81. The normalized spacial score (nSPS) is 14.5. The Balaban J connectivity index is 1.54. The standard InChI is InChI=1S/C32H27N3/c1-5-21-25-14-20(15-26-24-12-13-34-18-30(24)35(31(25)26)29(21)17-33-4)19-10-11-23-22-8-6-7-9-27(22)32(2,3)28(23)16-19/h6-18H,5H2,1-4H3. The number of hydrogen-bond donors (Lipinski definition) is 0. The summed E-state index contributed by atoms with van der Waals surface area (Å²) >= 11 is 0. The van der Waals surface area contributed by atoms with Gasteiger partial charge in [0.05, 0.1) is 22.9 Å². The lowest BCUT2D eigenvalue weighted by molar-refractivity contribution is 0.660. The van der Waals surface area contributed by atoms with Gasteiger partial charge >= 0.3 is 0 Å². The summed E-state index contributed by atoms with van der Waals surface area (Å²) in [5.74, 6) is 0. The van der Waals surface area contributed by atoms with E-state index >= 15 is 0 Å². The number of aryl methyl sites for hydroxylation is 1. The second kappa shape index (κ2) is 7.02. The second-order valence-electron chi connectivity index (χ2n) is 10.2. The van der Waals surface area contributed by atoms with E-state index in [1.807, 2.05) is 25.7 Å². The second-order valence-corrected chi connectivity index (χ2v) is 10.2. The van der Waals surface area contributed by atoms with Gasteiger partial charge in [0.15, 0.2) is 0 Å². The number of fused-ring (bicyclic) bond motifs is 6. The van der Waals surface area contributed by atoms with Crippen LogP contribution >= 0.6 is 0 Å². The zero-order chi connectivity index (χ0) is 23.9. The zero-order valence-electron chi connectivity index (χ0n) is 20.6. The molecule has 0 fully saturated rings. The minimum atomic E-state index is -0.0102. The van der Waals surface area contributed by atoms with Gasteiger partial charge in [0.1, 0.15) is 0 Å². The summed E-state index contributed by atoms with van der Waals surface area (Å²) in [6.45, 7) is 6.93. The maximum atomic E-state index is 4.45. The lowest BCUT2D eigenvalue weighted by Crippen LogP contribution is -2.14. The smallest absolute Gasteiger partial charge is 0.0725 e. The van der Waals surface area contributed by atoms with E-state index in [-0.39, 0.29) is 5.41 Å². The number of benzene rings is 3. The molecule has 3 heterocycles. The van der Waals surface area contributed by atoms with E-state index < -0.39 is 0 Å². The van der Waals surface area contributed by atoms with E-state index in [9.17, 15) is 0 Å². The van der Waals surface area contributed by atoms with Gasteiger partial charge in [-0.05, 0) is 69.6 Å². The van der Waals surface area contributed by atoms with E-state index in [1.165, 1.54) is 66.3 Å². The first-order valence-corrected chi connectivity index (χ1v) is 12.4. The highest BCUT2D eigenvalue weighted by atomic mass is 14.9. The molecule has 0 aliphatic heterocycles. The third-order valence-corrected chi connectivity index (χ3v) is 8.06. The molecule has 6 aromatic rings. The van der Waals surface area contributed by atoms with Gasteiger partial charge in [-0.2, -0.15) is 0 Å². The van der Waals surface area contributed by atoms with Gasteiger partial charge in [0.2, 0.25) is 0 Å². The van der Waals surface area contributed by atoms with Gasteiger partial charge in [-0.25, -0.2) is 0 Å². The molecule has 170 valence electrons. The molecule has 0 spiro atoms. The molecular weight excluding hydrogens is 426 g/mol. The molecule has 0 atom stereocenters. The van der Waals surface area contributed by atoms with Crippen molar-refractivity contribution >= 4 is 33.4 Å². The summed E-state index contributed by atoms with van der Waals surface area (Å²) in [6.07, 6.45) is 6.83. The topological polar surface area (TPSA) is 29.7 Å². The molecule has 0 radical (unpaired) electrons. The SMILES string of the molecule is CCc1c(C=NC)n2c3cnccc3c3cc(-c4ccc5c(c4)C(C)(C)c4ccccc4-5)cc1c32. The van der Waals surface area contributed by atoms with Crippen molar-refractivity contribution < 1.29 is 0 Å². The first-order valence-electron chi connectivity index (χ1n) is 12.4. The van der Waals surface area contributed by atoms with Crippen LogP contribution in [0.25, 0.3) is 49.4 Å². The van der Waals surface area contributed by atoms with Crippen molar-refractivity contribution in [3.8, 4) is 22.3 Å². The van der Waals surface area contributed by atoms with Gasteiger partial charge in [-0.3, -0.25) is 9.98 Å². The Morgan fingerprint density at radius 1 is 0.886 bits per heavy atom. The Hall–Kier alpha value is -3.98. The van der Waals surface area contributed by atoms with Crippen LogP contribution in [0.3, 0.4) is 0 Å². The number of aliphatic imine (C=N–C) groups is 1. The summed E-state index contributed by atoms with van der Waals surface area (Å²) < 4.78 is 2.35. The fourth-order valence-corrected chi connectivity index (χ4v) is 6.43. The summed E-state index contributed by atoms with van der Waals surface area (Å²) in [5, 5.41) is 3.83. The Morgan fingerprint density at radius 2 is 1.69 bits per heavy atom. The van der Waals surface area contributed by atoms with Gasteiger partial charge in [0, 0.05) is 41.0 Å². The highest BCUT2D eigenvalue weighted by Gasteiger charge is 2.35. The molecule has 3 aromatic carbocycles. The maximum Gasteiger partial charge on any atom is 0.0725 e. The number of rotatable bonds is 3. The summed E-state index contributed by atoms with van der Waals surface area (Å²) in [5.41, 5.74) is 13.0. The van der Waals surface area contributed by atoms with E-state index in [1.54, 1.807) is 0 Å². The van der Waals surface area contributed by atoms with Crippen molar-refractivity contribution in [2.24, 2.45) is 4.99 Å². The number of pyridine rings is 1. The highest BCUT2D eigenvalue weighted by molar-refractivity contribution is 6.18. The van der Waals surface area contributed by atoms with E-state index in [0.717, 1.165) is 11.9 Å². The minimum Gasteiger partial charge on any atom is -0.305 e. The van der Waals surface area contributed by atoms with Crippen molar-refractivity contribution in [2.45, 2.75) is 32.6 Å². The molecule has 0 saturated heterocycles. The Labute approximate surface area is 205 Å². The first kappa shape index (κ1) is 20.4. The van der Waals surface area contributed by atoms with Crippen LogP contribution in [0.15, 0.2) is 78.0 Å². The van der Waals surface area contributed by atoms with Gasteiger partial charge < -0.3 is 4.40 Å². The number of nitrogens with zero attached hydrogens (tertiary/aromatic N) is 3. The molecule has 0 saturated carbocycles. The van der Waals surface area contributed by atoms with Crippen molar-refractivity contribution in [3.05, 3.63) is 95.4 Å². The van der Waals surface area contributed by atoms with Crippen molar-refractivity contribution in [3.63, 3.8) is 0 Å². The number of aromatic nitrogens is 2. The zero-order valence-corrected chi connectivity index (χ0v) is 20.6. The van der Waals surface area contributed by atoms with Crippen LogP contribution in [0.2, 0.25) is 0 Å². The van der Waals surface area contributed by atoms with Crippen LogP contribution in [-0.2, 0) is 11.8 Å². The van der Waals surface area contributed by atoms with Gasteiger partial charge in [-0.1, -0.05) is 57.2 Å². The summed E-state index contributed by atoms with van der Waals surface area (Å²) in [4.78, 5) is 8.86. The van der Waals surface area contributed by atoms with Crippen molar-refractivity contribution in [1.82, 2.24) is 9.38 Å². The molecule has 3 nitrogen and oxygen atoms in total. The lowest BCUT2D eigenvalue weighted by Gasteiger charge is -2.22. The van der Waals surface area contributed by atoms with Crippen LogP contribution in [0.1, 0.15) is 43.2 Å². The van der Waals surface area contributed by atoms with Crippen LogP contribution in [0, 0.1) is 0 Å². The molecule has 3 aromatic heterocycles. The third kappa shape index (κ3) is 2.56. The average molecular weight is 454 g/mol. The van der Waals surface area contributed by atoms with Crippen LogP contribution in [0.5, 0.6) is 0 Å². The molecule has 3 heteroatoms. The van der Waals surface area contributed by atoms with Crippen LogP contribution < -0.4 is 0 Å².